The standard InChI is InChI=1S/C30H37F2N4O2P.Os/c1-6-11-23(8-3)16-15-22(4)24-12-9-13-25(19-24)29(37)34-17-10-14-26(21-33-5)36-27(30(31,32)39)20-28(35-36)38-18-7-2;/h9-16,19-22H,5-7,17-18,39H2,1-4H3,(H,34,37);/b14-10-,16-15-,23-11-,26-21+;. The first kappa shape index (κ1) is 33.3. The molecule has 0 aliphatic heterocycles. The van der Waals surface area contributed by atoms with Crippen molar-refractivity contribution in [1.82, 2.24) is 15.1 Å². The summed E-state index contributed by atoms with van der Waals surface area (Å²) in [4.78, 5) is 16.6. The molecule has 216 valence electrons. The molecule has 0 bridgehead atoms. The van der Waals surface area contributed by atoms with E-state index in [4.69, 9.17) is 4.74 Å². The third kappa shape index (κ3) is 10.3. The van der Waals surface area contributed by atoms with Gasteiger partial charge in [-0.05, 0) is 19.2 Å². The zero-order valence-corrected chi connectivity index (χ0v) is 27.0. The van der Waals surface area contributed by atoms with E-state index in [1.165, 1.54) is 31.1 Å². The van der Waals surface area contributed by atoms with Gasteiger partial charge in [0.25, 0.3) is 0 Å². The van der Waals surface area contributed by atoms with Crippen molar-refractivity contribution in [2.45, 2.75) is 52.1 Å². The van der Waals surface area contributed by atoms with E-state index in [2.05, 4.69) is 61.1 Å². The number of carbonyl (C=O) groups is 1. The summed E-state index contributed by atoms with van der Waals surface area (Å²) in [5.74, 6) is -0.0355. The average Bonchev–Trinajstić information content (AvgIpc) is 3.36. The Morgan fingerprint density at radius 1 is 1.32 bits per heavy atom. The van der Waals surface area contributed by atoms with E-state index in [1.54, 1.807) is 18.2 Å². The number of amides is 1. The zero-order chi connectivity index (χ0) is 29.7. The third-order valence-electron chi connectivity index (χ3n) is 5.67. The first-order valence-corrected chi connectivity index (χ1v) is 14.8. The maximum atomic E-state index is 14.3. The van der Waals surface area contributed by atoms with Crippen LogP contribution in [0, 0.1) is 0 Å². The Hall–Kier alpha value is -2.87. The van der Waals surface area contributed by atoms with Gasteiger partial charge in [0.15, 0.2) is 0 Å². The molecule has 6 nitrogen and oxygen atoms in total. The van der Waals surface area contributed by atoms with Gasteiger partial charge < -0.3 is 4.74 Å². The van der Waals surface area contributed by atoms with Gasteiger partial charge in [0.2, 0.25) is 5.88 Å². The molecule has 10 heteroatoms. The second kappa shape index (κ2) is 16.4. The molecular formula is C30H37F2N4O2OsP. The fraction of sp³-hybridized carbons (Fsp3) is 0.333. The number of aliphatic imine (C=N–C) groups is 1. The summed E-state index contributed by atoms with van der Waals surface area (Å²) >= 11 is 1.88. The Labute approximate surface area is 248 Å². The van der Waals surface area contributed by atoms with Gasteiger partial charge in [-0.2, -0.15) is 8.78 Å². The molecule has 1 heterocycles. The molecule has 0 fully saturated rings. The number of nitrogens with zero attached hydrogens (tertiary/aromatic N) is 3. The molecule has 0 saturated heterocycles. The van der Waals surface area contributed by atoms with E-state index in [0.717, 1.165) is 16.7 Å². The molecule has 0 saturated carbocycles. The van der Waals surface area contributed by atoms with Gasteiger partial charge in [-0.3, -0.25) is 4.99 Å². The second-order valence-corrected chi connectivity index (χ2v) is 11.6. The number of allylic oxidation sites excluding steroid dienone is 6. The average molecular weight is 745 g/mol. The van der Waals surface area contributed by atoms with Crippen LogP contribution in [-0.4, -0.2) is 39.6 Å². The quantitative estimate of drug-likeness (QED) is 0.124. The molecule has 2 unspecified atom stereocenters. The monoisotopic (exact) mass is 746 g/mol. The van der Waals surface area contributed by atoms with Crippen LogP contribution in [0.5, 0.6) is 5.88 Å². The van der Waals surface area contributed by atoms with Crippen molar-refractivity contribution >= 4 is 31.6 Å². The largest absolute Gasteiger partial charge is 0.477 e. The van der Waals surface area contributed by atoms with Crippen LogP contribution in [0.4, 0.5) is 8.78 Å². The van der Waals surface area contributed by atoms with Gasteiger partial charge in [0.05, 0.1) is 18.5 Å². The van der Waals surface area contributed by atoms with Crippen LogP contribution in [-0.2, 0) is 23.8 Å². The Morgan fingerprint density at radius 2 is 2.08 bits per heavy atom. The maximum absolute atomic E-state index is 14.3. The van der Waals surface area contributed by atoms with E-state index in [-0.39, 0.29) is 35.6 Å². The van der Waals surface area contributed by atoms with Crippen molar-refractivity contribution in [1.29, 1.82) is 0 Å². The number of rotatable bonds is 15. The van der Waals surface area contributed by atoms with Crippen molar-refractivity contribution < 1.29 is 36.5 Å². The number of ether oxygens (including phenoxy) is 1. The van der Waals surface area contributed by atoms with Gasteiger partial charge in [0, 0.05) is 6.07 Å². The van der Waals surface area contributed by atoms with Crippen LogP contribution in [0.15, 0.2) is 77.5 Å². The molecule has 1 aromatic heterocycles. The molecule has 0 aliphatic rings. The number of carbonyl (C=O) groups excluding carboxylic acids is 1. The van der Waals surface area contributed by atoms with Gasteiger partial charge in [-0.15, -0.1) is 5.10 Å². The molecule has 1 N–H and O–H groups in total. The molecule has 40 heavy (non-hydrogen) atoms. The number of hydrogen-bond donors (Lipinski definition) is 1. The van der Waals surface area contributed by atoms with E-state index in [0.29, 0.717) is 18.6 Å². The summed E-state index contributed by atoms with van der Waals surface area (Å²) in [7, 11) is 1.51. The number of benzene rings is 1. The number of nitrogens with one attached hydrogen (secondary N) is 1. The predicted octanol–water partition coefficient (Wildman–Crippen LogP) is 6.82. The van der Waals surface area contributed by atoms with Crippen molar-refractivity contribution in [2.24, 2.45) is 4.99 Å². The SMILES string of the molecule is C=N/C=C(\C=C/CNC(=O)c1cccc(C(C)/C=C\C(=C/CC)[C](C)=[Os])c1)n1nc(OCCC)cc1C(F)(F)P. The smallest absolute Gasteiger partial charge is 0.300 e. The Bertz CT molecular complexity index is 1310. The summed E-state index contributed by atoms with van der Waals surface area (Å²) in [5.41, 5.74) is -0.596. The Kier molecular flexibility index (Phi) is 13.7. The van der Waals surface area contributed by atoms with E-state index in [9.17, 15) is 13.6 Å². The van der Waals surface area contributed by atoms with Crippen LogP contribution < -0.4 is 10.1 Å². The minimum atomic E-state index is -3.25. The van der Waals surface area contributed by atoms with E-state index >= 15 is 0 Å². The maximum Gasteiger partial charge on any atom is 0.300 e. The molecular weight excluding hydrogens is 708 g/mol. The van der Waals surface area contributed by atoms with Crippen LogP contribution >= 0.6 is 9.24 Å². The zero-order valence-electron chi connectivity index (χ0n) is 23.3. The second-order valence-electron chi connectivity index (χ2n) is 8.96. The fourth-order valence-electron chi connectivity index (χ4n) is 3.63. The van der Waals surface area contributed by atoms with Crippen LogP contribution in [0.2, 0.25) is 0 Å². The Balaban J connectivity index is 2.14. The van der Waals surface area contributed by atoms with Gasteiger partial charge in [0.1, 0.15) is 5.69 Å². The van der Waals surface area contributed by atoms with Crippen LogP contribution in [0.3, 0.4) is 0 Å². The minimum absolute atomic E-state index is 0.0838. The summed E-state index contributed by atoms with van der Waals surface area (Å²) in [6.45, 7) is 12.2. The predicted molar refractivity (Wildman–Crippen MR) is 160 cm³/mol. The van der Waals surface area contributed by atoms with Crippen LogP contribution in [0.25, 0.3) is 5.70 Å². The van der Waals surface area contributed by atoms with Crippen molar-refractivity contribution in [3.05, 3.63) is 89.3 Å². The van der Waals surface area contributed by atoms with Crippen molar-refractivity contribution in [3.63, 3.8) is 0 Å². The van der Waals surface area contributed by atoms with E-state index in [1.807, 2.05) is 43.3 Å². The van der Waals surface area contributed by atoms with Gasteiger partial charge in [-0.1, -0.05) is 16.2 Å². The van der Waals surface area contributed by atoms with Crippen LogP contribution in [0.1, 0.15) is 68.1 Å². The fourth-order valence-corrected chi connectivity index (χ4v) is 4.30. The normalized spacial score (nSPS) is 13.6. The first-order valence-electron chi connectivity index (χ1n) is 13.0. The molecule has 1 aromatic carbocycles. The van der Waals surface area contributed by atoms with E-state index < -0.39 is 5.66 Å². The summed E-state index contributed by atoms with van der Waals surface area (Å²) in [6, 6.07) is 8.70. The van der Waals surface area contributed by atoms with Gasteiger partial charge in [-0.25, -0.2) is 4.68 Å². The molecule has 0 aliphatic carbocycles. The molecule has 2 atom stereocenters. The molecule has 2 rings (SSSR count). The topological polar surface area (TPSA) is 68.5 Å². The van der Waals surface area contributed by atoms with Gasteiger partial charge >= 0.3 is 149 Å². The molecule has 2 aromatic rings. The van der Waals surface area contributed by atoms with Crippen molar-refractivity contribution in [2.75, 3.05) is 13.2 Å². The minimum Gasteiger partial charge on any atom is -0.477 e. The molecule has 1 amide bonds. The Morgan fingerprint density at radius 3 is 2.70 bits per heavy atom. The summed E-state index contributed by atoms with van der Waals surface area (Å²) in [6.07, 6.45) is 12.6. The molecule has 0 spiro atoms. The number of halogens is 2. The third-order valence-corrected chi connectivity index (χ3v) is 6.70. The summed E-state index contributed by atoms with van der Waals surface area (Å²) in [5, 5.41) is 7.00. The van der Waals surface area contributed by atoms with Crippen molar-refractivity contribution in [3.8, 4) is 5.88 Å². The first-order chi connectivity index (χ1) is 19.0. The molecule has 0 radical (unpaired) electrons. The number of hydrogen-bond acceptors (Lipinski definition) is 4. The summed E-state index contributed by atoms with van der Waals surface area (Å²) < 4.78 is 36.3. The number of aromatic nitrogens is 2. The number of alkyl halides is 2.